The van der Waals surface area contributed by atoms with E-state index >= 15 is 0 Å². The standard InChI is InChI=1S/C15H16N4O2/c1-11(2)19-14(6-8-17-19)18-15(21)13-5-7-16-10-12(13)4-3-9-20/h5-8,10-11,20H,9H2,1-2H3,(H,18,21). The molecule has 0 unspecified atom stereocenters. The molecule has 0 radical (unpaired) electrons. The molecular weight excluding hydrogens is 268 g/mol. The number of nitrogens with one attached hydrogen (secondary N) is 1. The van der Waals surface area contributed by atoms with Gasteiger partial charge in [-0.05, 0) is 19.9 Å². The summed E-state index contributed by atoms with van der Waals surface area (Å²) in [4.78, 5) is 16.3. The summed E-state index contributed by atoms with van der Waals surface area (Å²) >= 11 is 0. The van der Waals surface area contributed by atoms with Crippen molar-refractivity contribution in [3.05, 3.63) is 41.9 Å². The lowest BCUT2D eigenvalue weighted by Crippen LogP contribution is -2.17. The van der Waals surface area contributed by atoms with Crippen LogP contribution in [0.2, 0.25) is 0 Å². The van der Waals surface area contributed by atoms with Crippen LogP contribution in [0.25, 0.3) is 0 Å². The third-order valence-corrected chi connectivity index (χ3v) is 2.77. The molecule has 2 N–H and O–H groups in total. The number of amides is 1. The largest absolute Gasteiger partial charge is 0.384 e. The Kier molecular flexibility index (Phi) is 4.69. The maximum absolute atomic E-state index is 12.4. The van der Waals surface area contributed by atoms with Gasteiger partial charge in [0.1, 0.15) is 12.4 Å². The number of hydrogen-bond donors (Lipinski definition) is 2. The van der Waals surface area contributed by atoms with E-state index in [9.17, 15) is 4.79 Å². The van der Waals surface area contributed by atoms with Crippen molar-refractivity contribution < 1.29 is 9.90 Å². The summed E-state index contributed by atoms with van der Waals surface area (Å²) in [5.74, 6) is 5.56. The zero-order chi connectivity index (χ0) is 15.2. The molecule has 0 aliphatic carbocycles. The number of rotatable bonds is 3. The van der Waals surface area contributed by atoms with Crippen molar-refractivity contribution in [2.75, 3.05) is 11.9 Å². The van der Waals surface area contributed by atoms with Crippen LogP contribution < -0.4 is 5.32 Å². The minimum Gasteiger partial charge on any atom is -0.384 e. The fraction of sp³-hybridized carbons (Fsp3) is 0.267. The molecule has 108 valence electrons. The Morgan fingerprint density at radius 3 is 2.95 bits per heavy atom. The van der Waals surface area contributed by atoms with E-state index in [4.69, 9.17) is 5.11 Å². The van der Waals surface area contributed by atoms with Gasteiger partial charge in [-0.3, -0.25) is 9.78 Å². The maximum atomic E-state index is 12.4. The minimum atomic E-state index is -0.290. The Labute approximate surface area is 122 Å². The summed E-state index contributed by atoms with van der Waals surface area (Å²) in [5.41, 5.74) is 0.877. The molecule has 0 aromatic carbocycles. The van der Waals surface area contributed by atoms with Crippen molar-refractivity contribution in [1.82, 2.24) is 14.8 Å². The van der Waals surface area contributed by atoms with E-state index in [1.165, 1.54) is 12.4 Å². The zero-order valence-corrected chi connectivity index (χ0v) is 11.9. The number of pyridine rings is 1. The van der Waals surface area contributed by atoms with Gasteiger partial charge in [0.05, 0.1) is 17.3 Å². The van der Waals surface area contributed by atoms with E-state index in [0.29, 0.717) is 16.9 Å². The van der Waals surface area contributed by atoms with Gasteiger partial charge in [-0.25, -0.2) is 4.68 Å². The molecule has 2 heterocycles. The number of nitrogens with zero attached hydrogens (tertiary/aromatic N) is 3. The first kappa shape index (κ1) is 14.8. The van der Waals surface area contributed by atoms with E-state index < -0.39 is 0 Å². The van der Waals surface area contributed by atoms with E-state index in [2.05, 4.69) is 27.2 Å². The molecule has 0 saturated carbocycles. The number of carbonyl (C=O) groups is 1. The van der Waals surface area contributed by atoms with Crippen LogP contribution in [0.1, 0.15) is 35.8 Å². The Hall–Kier alpha value is -2.65. The van der Waals surface area contributed by atoms with Crippen LogP contribution in [0.4, 0.5) is 5.82 Å². The molecule has 21 heavy (non-hydrogen) atoms. The first-order valence-electron chi connectivity index (χ1n) is 6.52. The van der Waals surface area contributed by atoms with Gasteiger partial charge in [-0.1, -0.05) is 11.8 Å². The smallest absolute Gasteiger partial charge is 0.258 e. The van der Waals surface area contributed by atoms with Crippen molar-refractivity contribution in [3.63, 3.8) is 0 Å². The van der Waals surface area contributed by atoms with Gasteiger partial charge in [-0.15, -0.1) is 0 Å². The highest BCUT2D eigenvalue weighted by Gasteiger charge is 2.13. The van der Waals surface area contributed by atoms with Crippen molar-refractivity contribution >= 4 is 11.7 Å². The normalized spacial score (nSPS) is 10.1. The van der Waals surface area contributed by atoms with Gasteiger partial charge in [-0.2, -0.15) is 5.10 Å². The number of aliphatic hydroxyl groups excluding tert-OH is 1. The predicted molar refractivity (Wildman–Crippen MR) is 78.8 cm³/mol. The van der Waals surface area contributed by atoms with Crippen LogP contribution in [0.3, 0.4) is 0 Å². The molecule has 0 aliphatic rings. The van der Waals surface area contributed by atoms with Crippen LogP contribution in [-0.4, -0.2) is 32.4 Å². The lowest BCUT2D eigenvalue weighted by molar-refractivity contribution is 0.102. The summed E-state index contributed by atoms with van der Waals surface area (Å²) in [7, 11) is 0. The SMILES string of the molecule is CC(C)n1nccc1NC(=O)c1ccncc1C#CCO. The van der Waals surface area contributed by atoms with Crippen LogP contribution in [0.5, 0.6) is 0 Å². The second kappa shape index (κ2) is 6.68. The summed E-state index contributed by atoms with van der Waals surface area (Å²) < 4.78 is 1.72. The lowest BCUT2D eigenvalue weighted by Gasteiger charge is -2.12. The first-order valence-corrected chi connectivity index (χ1v) is 6.52. The molecule has 0 bridgehead atoms. The van der Waals surface area contributed by atoms with Gasteiger partial charge < -0.3 is 10.4 Å². The minimum absolute atomic E-state index is 0.140. The van der Waals surface area contributed by atoms with Crippen LogP contribution in [0.15, 0.2) is 30.7 Å². The molecule has 2 aromatic rings. The fourth-order valence-corrected chi connectivity index (χ4v) is 1.84. The van der Waals surface area contributed by atoms with Crippen LogP contribution in [0, 0.1) is 11.8 Å². The average Bonchev–Trinajstić information content (AvgIpc) is 2.93. The monoisotopic (exact) mass is 284 g/mol. The maximum Gasteiger partial charge on any atom is 0.258 e. The molecule has 0 atom stereocenters. The average molecular weight is 284 g/mol. The topological polar surface area (TPSA) is 80.0 Å². The molecule has 0 saturated heterocycles. The molecule has 0 spiro atoms. The molecule has 6 heteroatoms. The molecule has 1 amide bonds. The number of anilines is 1. The summed E-state index contributed by atoms with van der Waals surface area (Å²) in [6.07, 6.45) is 4.66. The van der Waals surface area contributed by atoms with Crippen molar-refractivity contribution in [3.8, 4) is 11.8 Å². The molecule has 2 aromatic heterocycles. The first-order chi connectivity index (χ1) is 10.1. The quantitative estimate of drug-likeness (QED) is 0.836. The van der Waals surface area contributed by atoms with Crippen LogP contribution >= 0.6 is 0 Å². The fourth-order valence-electron chi connectivity index (χ4n) is 1.84. The van der Waals surface area contributed by atoms with Crippen molar-refractivity contribution in [1.29, 1.82) is 0 Å². The molecule has 6 nitrogen and oxygen atoms in total. The van der Waals surface area contributed by atoms with Crippen molar-refractivity contribution in [2.24, 2.45) is 0 Å². The molecule has 0 fully saturated rings. The number of carbonyl (C=O) groups excluding carboxylic acids is 1. The van der Waals surface area contributed by atoms with E-state index in [1.807, 2.05) is 13.8 Å². The Morgan fingerprint density at radius 2 is 2.24 bits per heavy atom. The van der Waals surface area contributed by atoms with E-state index in [1.54, 1.807) is 23.0 Å². The summed E-state index contributed by atoms with van der Waals surface area (Å²) in [6, 6.07) is 3.46. The van der Waals surface area contributed by atoms with E-state index in [0.717, 1.165) is 0 Å². The lowest BCUT2D eigenvalue weighted by atomic mass is 10.1. The Balaban J connectivity index is 2.27. The van der Waals surface area contributed by atoms with Gasteiger partial charge in [0.15, 0.2) is 0 Å². The predicted octanol–water partition coefficient (Wildman–Crippen LogP) is 1.46. The molecular formula is C15H16N4O2. The van der Waals surface area contributed by atoms with Gasteiger partial charge in [0.25, 0.3) is 5.91 Å². The molecule has 0 aliphatic heterocycles. The second-order valence-electron chi connectivity index (χ2n) is 4.59. The summed E-state index contributed by atoms with van der Waals surface area (Å²) in [5, 5.41) is 15.7. The summed E-state index contributed by atoms with van der Waals surface area (Å²) in [6.45, 7) is 3.69. The highest BCUT2D eigenvalue weighted by Crippen LogP contribution is 2.15. The van der Waals surface area contributed by atoms with Gasteiger partial charge in [0.2, 0.25) is 0 Å². The number of aliphatic hydroxyl groups is 1. The third kappa shape index (κ3) is 3.46. The zero-order valence-electron chi connectivity index (χ0n) is 11.9. The van der Waals surface area contributed by atoms with Crippen molar-refractivity contribution in [2.45, 2.75) is 19.9 Å². The van der Waals surface area contributed by atoms with Gasteiger partial charge in [0, 0.05) is 24.5 Å². The van der Waals surface area contributed by atoms with E-state index in [-0.39, 0.29) is 18.6 Å². The Morgan fingerprint density at radius 1 is 1.43 bits per heavy atom. The highest BCUT2D eigenvalue weighted by atomic mass is 16.2. The third-order valence-electron chi connectivity index (χ3n) is 2.77. The Bertz CT molecular complexity index is 695. The highest BCUT2D eigenvalue weighted by molar-refractivity contribution is 6.05. The number of aromatic nitrogens is 3. The van der Waals surface area contributed by atoms with Gasteiger partial charge >= 0.3 is 0 Å². The second-order valence-corrected chi connectivity index (χ2v) is 4.59. The molecule has 2 rings (SSSR count). The van der Waals surface area contributed by atoms with Crippen LogP contribution in [-0.2, 0) is 0 Å². The number of hydrogen-bond acceptors (Lipinski definition) is 4.